The molecule has 0 radical (unpaired) electrons. The lowest BCUT2D eigenvalue weighted by atomic mass is 10.3. The van der Waals surface area contributed by atoms with Crippen molar-refractivity contribution >= 4 is 48.9 Å². The highest BCUT2D eigenvalue weighted by Crippen LogP contribution is 2.21. The molecule has 0 spiro atoms. The van der Waals surface area contributed by atoms with Crippen molar-refractivity contribution in [3.63, 3.8) is 0 Å². The Morgan fingerprint density at radius 3 is 2.37 bits per heavy atom. The number of halogens is 1. The number of carbonyl (C=O) groups is 1. The maximum atomic E-state index is 11.8. The summed E-state index contributed by atoms with van der Waals surface area (Å²) >= 11 is 4.68. The van der Waals surface area contributed by atoms with Crippen molar-refractivity contribution in [2.24, 2.45) is 5.14 Å². The number of nitrogens with one attached hydrogen (secondary N) is 1. The van der Waals surface area contributed by atoms with E-state index in [-0.39, 0.29) is 10.8 Å². The third-order valence-electron chi connectivity index (χ3n) is 2.27. The first-order valence-electron chi connectivity index (χ1n) is 5.04. The van der Waals surface area contributed by atoms with Crippen molar-refractivity contribution in [2.75, 3.05) is 5.32 Å². The number of rotatable bonds is 3. The molecule has 0 fully saturated rings. The molecule has 0 unspecified atom stereocenters. The van der Waals surface area contributed by atoms with Gasteiger partial charge in [-0.25, -0.2) is 13.6 Å². The number of benzene rings is 1. The van der Waals surface area contributed by atoms with Gasteiger partial charge < -0.3 is 5.32 Å². The lowest BCUT2D eigenvalue weighted by Gasteiger charge is -2.04. The average Bonchev–Trinajstić information content (AvgIpc) is 2.75. The van der Waals surface area contributed by atoms with Crippen molar-refractivity contribution < 1.29 is 13.2 Å². The van der Waals surface area contributed by atoms with E-state index in [0.29, 0.717) is 11.3 Å². The Hall–Kier alpha value is -1.22. The number of sulfonamides is 1. The zero-order valence-corrected chi connectivity index (χ0v) is 12.7. The van der Waals surface area contributed by atoms with Crippen LogP contribution in [0.25, 0.3) is 0 Å². The quantitative estimate of drug-likeness (QED) is 0.880. The number of amides is 1. The fourth-order valence-corrected chi connectivity index (χ4v) is 3.01. The maximum Gasteiger partial charge on any atom is 0.256 e. The Bertz CT molecular complexity index is 708. The van der Waals surface area contributed by atoms with Crippen LogP contribution in [-0.2, 0) is 10.0 Å². The van der Waals surface area contributed by atoms with Gasteiger partial charge in [0.05, 0.1) is 14.2 Å². The first-order valence-corrected chi connectivity index (χ1v) is 8.26. The molecule has 1 heterocycles. The fourth-order valence-electron chi connectivity index (χ4n) is 1.36. The molecular formula is C11H9BrN2O3S2. The first-order chi connectivity index (χ1) is 8.86. The number of thiophene rings is 1. The van der Waals surface area contributed by atoms with Gasteiger partial charge in [-0.15, -0.1) is 11.3 Å². The molecule has 2 aromatic rings. The Balaban J connectivity index is 2.14. The van der Waals surface area contributed by atoms with Gasteiger partial charge in [0.25, 0.3) is 5.91 Å². The second-order valence-corrected chi connectivity index (χ2v) is 7.51. The largest absolute Gasteiger partial charge is 0.322 e. The van der Waals surface area contributed by atoms with E-state index in [0.717, 1.165) is 3.79 Å². The van der Waals surface area contributed by atoms with Crippen LogP contribution in [0, 0.1) is 0 Å². The van der Waals surface area contributed by atoms with Crippen LogP contribution >= 0.6 is 27.3 Å². The van der Waals surface area contributed by atoms with Gasteiger partial charge in [0, 0.05) is 11.1 Å². The van der Waals surface area contributed by atoms with Gasteiger partial charge in [0.15, 0.2) is 0 Å². The number of nitrogens with two attached hydrogens (primary N) is 1. The van der Waals surface area contributed by atoms with Gasteiger partial charge in [0.1, 0.15) is 0 Å². The number of primary sulfonamides is 1. The molecule has 5 nitrogen and oxygen atoms in total. The Kier molecular flexibility index (Phi) is 4.04. The predicted octanol–water partition coefficient (Wildman–Crippen LogP) is 2.41. The van der Waals surface area contributed by atoms with E-state index in [1.807, 2.05) is 0 Å². The van der Waals surface area contributed by atoms with E-state index in [2.05, 4.69) is 21.2 Å². The molecular weight excluding hydrogens is 352 g/mol. The summed E-state index contributed by atoms with van der Waals surface area (Å²) in [5, 5.41) is 9.36. The molecule has 3 N–H and O–H groups in total. The topological polar surface area (TPSA) is 89.3 Å². The van der Waals surface area contributed by atoms with Crippen LogP contribution in [0.5, 0.6) is 0 Å². The second kappa shape index (κ2) is 5.41. The molecule has 0 aliphatic carbocycles. The van der Waals surface area contributed by atoms with Crippen LogP contribution in [0.2, 0.25) is 0 Å². The molecule has 19 heavy (non-hydrogen) atoms. The molecule has 0 aliphatic rings. The molecule has 100 valence electrons. The predicted molar refractivity (Wildman–Crippen MR) is 77.8 cm³/mol. The van der Waals surface area contributed by atoms with Gasteiger partial charge in [-0.05, 0) is 46.3 Å². The van der Waals surface area contributed by atoms with Crippen LogP contribution in [-0.4, -0.2) is 14.3 Å². The summed E-state index contributed by atoms with van der Waals surface area (Å²) in [6.07, 6.45) is 0. The summed E-state index contributed by atoms with van der Waals surface area (Å²) in [6, 6.07) is 7.36. The summed E-state index contributed by atoms with van der Waals surface area (Å²) in [6.45, 7) is 0. The molecule has 1 amide bonds. The summed E-state index contributed by atoms with van der Waals surface area (Å²) in [5.74, 6) is -0.259. The van der Waals surface area contributed by atoms with E-state index < -0.39 is 10.0 Å². The Morgan fingerprint density at radius 2 is 1.89 bits per heavy atom. The third-order valence-corrected chi connectivity index (χ3v) is 4.70. The molecule has 0 saturated heterocycles. The highest BCUT2D eigenvalue weighted by atomic mass is 79.9. The Morgan fingerprint density at radius 1 is 1.26 bits per heavy atom. The summed E-state index contributed by atoms with van der Waals surface area (Å²) in [5.41, 5.74) is 1.03. The van der Waals surface area contributed by atoms with Crippen molar-refractivity contribution in [3.05, 3.63) is 45.1 Å². The maximum absolute atomic E-state index is 11.8. The van der Waals surface area contributed by atoms with Crippen LogP contribution in [0.3, 0.4) is 0 Å². The zero-order chi connectivity index (χ0) is 14.0. The number of hydrogen-bond donors (Lipinski definition) is 2. The molecule has 0 saturated carbocycles. The van der Waals surface area contributed by atoms with Crippen LogP contribution in [0.1, 0.15) is 10.4 Å². The van der Waals surface area contributed by atoms with Gasteiger partial charge in [-0.1, -0.05) is 0 Å². The normalized spacial score (nSPS) is 11.3. The highest BCUT2D eigenvalue weighted by Gasteiger charge is 2.10. The molecule has 2 rings (SSSR count). The van der Waals surface area contributed by atoms with Crippen molar-refractivity contribution in [1.82, 2.24) is 0 Å². The summed E-state index contributed by atoms with van der Waals surface area (Å²) in [7, 11) is -3.71. The lowest BCUT2D eigenvalue weighted by molar-refractivity contribution is 0.102. The molecule has 0 aliphatic heterocycles. The van der Waals surface area contributed by atoms with Crippen molar-refractivity contribution in [2.45, 2.75) is 4.90 Å². The number of hydrogen-bond acceptors (Lipinski definition) is 4. The summed E-state index contributed by atoms with van der Waals surface area (Å²) in [4.78, 5) is 11.8. The average molecular weight is 361 g/mol. The first kappa shape index (κ1) is 14.2. The lowest BCUT2D eigenvalue weighted by Crippen LogP contribution is -2.13. The number of carbonyl (C=O) groups excluding carboxylic acids is 1. The van der Waals surface area contributed by atoms with Crippen molar-refractivity contribution in [1.29, 1.82) is 0 Å². The van der Waals surface area contributed by atoms with E-state index in [4.69, 9.17) is 5.14 Å². The standard InChI is InChI=1S/C11H9BrN2O3S2/c12-10-5-7(6-18-10)11(15)14-8-1-3-9(4-2-8)19(13,16)17/h1-6H,(H,14,15)(H2,13,16,17). The minimum atomic E-state index is -3.71. The van der Waals surface area contributed by atoms with Gasteiger partial charge in [-0.3, -0.25) is 4.79 Å². The van der Waals surface area contributed by atoms with Crippen molar-refractivity contribution in [3.8, 4) is 0 Å². The highest BCUT2D eigenvalue weighted by molar-refractivity contribution is 9.11. The molecule has 0 bridgehead atoms. The molecule has 1 aromatic heterocycles. The minimum absolute atomic E-state index is 0.00350. The summed E-state index contributed by atoms with van der Waals surface area (Å²) < 4.78 is 23.0. The SMILES string of the molecule is NS(=O)(=O)c1ccc(NC(=O)c2csc(Br)c2)cc1. The third kappa shape index (κ3) is 3.63. The smallest absolute Gasteiger partial charge is 0.256 e. The van der Waals surface area contributed by atoms with Crippen LogP contribution in [0.15, 0.2) is 44.4 Å². The van der Waals surface area contributed by atoms with Crippen LogP contribution < -0.4 is 10.5 Å². The fraction of sp³-hybridized carbons (Fsp3) is 0. The zero-order valence-electron chi connectivity index (χ0n) is 9.46. The van der Waals surface area contributed by atoms with Gasteiger partial charge >= 0.3 is 0 Å². The molecule has 0 atom stereocenters. The van der Waals surface area contributed by atoms with E-state index >= 15 is 0 Å². The van der Waals surface area contributed by atoms with E-state index in [1.165, 1.54) is 35.6 Å². The van der Waals surface area contributed by atoms with Gasteiger partial charge in [-0.2, -0.15) is 0 Å². The number of anilines is 1. The molecule has 1 aromatic carbocycles. The molecule has 8 heteroatoms. The Labute approximate surface area is 122 Å². The second-order valence-electron chi connectivity index (χ2n) is 3.66. The van der Waals surface area contributed by atoms with E-state index in [9.17, 15) is 13.2 Å². The van der Waals surface area contributed by atoms with E-state index in [1.54, 1.807) is 11.4 Å². The van der Waals surface area contributed by atoms with Gasteiger partial charge in [0.2, 0.25) is 10.0 Å². The monoisotopic (exact) mass is 360 g/mol. The minimum Gasteiger partial charge on any atom is -0.322 e. The van der Waals surface area contributed by atoms with Crippen LogP contribution in [0.4, 0.5) is 5.69 Å².